The summed E-state index contributed by atoms with van der Waals surface area (Å²) >= 11 is 0. The summed E-state index contributed by atoms with van der Waals surface area (Å²) in [5.74, 6) is 2.84. The average Bonchev–Trinajstić information content (AvgIpc) is 3.42. The van der Waals surface area contributed by atoms with E-state index in [9.17, 15) is 0 Å². The lowest BCUT2D eigenvalue weighted by Crippen LogP contribution is -2.09. The Hall–Kier alpha value is -3.48. The van der Waals surface area contributed by atoms with E-state index in [0.29, 0.717) is 5.89 Å². The van der Waals surface area contributed by atoms with Crippen LogP contribution in [0.4, 0.5) is 5.82 Å². The van der Waals surface area contributed by atoms with Crippen molar-refractivity contribution in [3.63, 3.8) is 0 Å². The number of hydrogen-bond acceptors (Lipinski definition) is 6. The van der Waals surface area contributed by atoms with Crippen molar-refractivity contribution in [2.75, 3.05) is 5.32 Å². The fraction of sp³-hybridized carbons (Fsp3) is 0.238. The predicted octanol–water partition coefficient (Wildman–Crippen LogP) is 4.20. The number of H-pyrrole nitrogens is 1. The van der Waals surface area contributed by atoms with E-state index >= 15 is 0 Å². The number of aromatic amines is 1. The van der Waals surface area contributed by atoms with Gasteiger partial charge in [-0.15, -0.1) is 0 Å². The van der Waals surface area contributed by atoms with Crippen LogP contribution in [0.25, 0.3) is 11.5 Å². The molecule has 0 saturated heterocycles. The fourth-order valence-electron chi connectivity index (χ4n) is 2.98. The van der Waals surface area contributed by atoms with E-state index in [1.54, 1.807) is 18.6 Å². The highest BCUT2D eigenvalue weighted by Crippen LogP contribution is 2.20. The summed E-state index contributed by atoms with van der Waals surface area (Å²) in [5.41, 5.74) is 2.13. The molecule has 0 aliphatic heterocycles. The van der Waals surface area contributed by atoms with Gasteiger partial charge >= 0.3 is 0 Å². The molecular formula is C21H22N6O. The van der Waals surface area contributed by atoms with Crippen LogP contribution >= 0.6 is 0 Å². The molecule has 0 spiro atoms. The quantitative estimate of drug-likeness (QED) is 0.480. The number of benzene rings is 1. The molecular weight excluding hydrogens is 352 g/mol. The van der Waals surface area contributed by atoms with E-state index < -0.39 is 0 Å². The maximum absolute atomic E-state index is 5.40. The van der Waals surface area contributed by atoms with Gasteiger partial charge in [0.25, 0.3) is 5.89 Å². The molecule has 0 fully saturated rings. The predicted molar refractivity (Wildman–Crippen MR) is 107 cm³/mol. The number of nitrogens with zero attached hydrogens (tertiary/aromatic N) is 4. The van der Waals surface area contributed by atoms with Gasteiger partial charge in [-0.05, 0) is 37.5 Å². The second kappa shape index (κ2) is 8.47. The first kappa shape index (κ1) is 17.9. The number of aromatic nitrogens is 5. The molecule has 0 saturated carbocycles. The highest BCUT2D eigenvalue weighted by molar-refractivity contribution is 5.54. The lowest BCUT2D eigenvalue weighted by Gasteiger charge is -2.11. The van der Waals surface area contributed by atoms with Gasteiger partial charge in [0.15, 0.2) is 5.82 Å². The van der Waals surface area contributed by atoms with E-state index in [1.165, 1.54) is 5.56 Å². The maximum atomic E-state index is 5.40. The molecule has 28 heavy (non-hydrogen) atoms. The van der Waals surface area contributed by atoms with Crippen molar-refractivity contribution in [1.82, 2.24) is 25.1 Å². The molecule has 0 aliphatic rings. The lowest BCUT2D eigenvalue weighted by molar-refractivity contribution is 0.421. The minimum absolute atomic E-state index is 0.0352. The summed E-state index contributed by atoms with van der Waals surface area (Å²) in [5, 5.41) is 7.39. The third-order valence-electron chi connectivity index (χ3n) is 4.48. The molecule has 0 aliphatic carbocycles. The van der Waals surface area contributed by atoms with E-state index in [2.05, 4.69) is 54.7 Å². The Bertz CT molecular complexity index is 979. The zero-order chi connectivity index (χ0) is 19.2. The standard InChI is InChI=1S/C21H22N6O/c1-15(20-22-12-13-23-20)25-18-11-10-17(14-24-18)21-26-19(27-28-21)9-5-8-16-6-3-2-4-7-16/h2-4,6-7,10-15H,5,8-9H2,1H3,(H,22,23)(H,24,25)/t15-/m1/s1. The van der Waals surface area contributed by atoms with Gasteiger partial charge in [0, 0.05) is 25.0 Å². The van der Waals surface area contributed by atoms with Crippen molar-refractivity contribution in [3.05, 3.63) is 78.3 Å². The summed E-state index contributed by atoms with van der Waals surface area (Å²) in [6, 6.07) is 14.3. The zero-order valence-electron chi connectivity index (χ0n) is 15.7. The Balaban J connectivity index is 1.33. The highest BCUT2D eigenvalue weighted by atomic mass is 16.5. The monoisotopic (exact) mass is 374 g/mol. The maximum Gasteiger partial charge on any atom is 0.259 e. The van der Waals surface area contributed by atoms with Crippen molar-refractivity contribution in [2.45, 2.75) is 32.2 Å². The Kier molecular flexibility index (Phi) is 5.42. The normalized spacial score (nSPS) is 12.0. The third kappa shape index (κ3) is 4.43. The van der Waals surface area contributed by atoms with Crippen LogP contribution in [0, 0.1) is 0 Å². The Labute approximate surface area is 163 Å². The van der Waals surface area contributed by atoms with Crippen LogP contribution in [0.15, 0.2) is 65.6 Å². The van der Waals surface area contributed by atoms with Gasteiger partial charge in [-0.25, -0.2) is 9.97 Å². The molecule has 7 nitrogen and oxygen atoms in total. The van der Waals surface area contributed by atoms with Crippen molar-refractivity contribution in [2.24, 2.45) is 0 Å². The number of hydrogen-bond donors (Lipinski definition) is 2. The number of pyridine rings is 1. The van der Waals surface area contributed by atoms with E-state index in [-0.39, 0.29) is 6.04 Å². The molecule has 142 valence electrons. The molecule has 3 aromatic heterocycles. The lowest BCUT2D eigenvalue weighted by atomic mass is 10.1. The van der Waals surface area contributed by atoms with E-state index in [1.807, 2.05) is 25.1 Å². The van der Waals surface area contributed by atoms with Crippen LogP contribution < -0.4 is 5.32 Å². The summed E-state index contributed by atoms with van der Waals surface area (Å²) in [6.07, 6.45) is 8.04. The molecule has 4 rings (SSSR count). The minimum Gasteiger partial charge on any atom is -0.360 e. The average molecular weight is 374 g/mol. The van der Waals surface area contributed by atoms with Crippen LogP contribution in [0.3, 0.4) is 0 Å². The summed E-state index contributed by atoms with van der Waals surface area (Å²) in [6.45, 7) is 2.02. The first-order valence-electron chi connectivity index (χ1n) is 9.36. The SMILES string of the molecule is C[C@@H](Nc1ccc(-c2nc(CCCc3ccccc3)no2)cn1)c1ncc[nH]1. The second-order valence-corrected chi connectivity index (χ2v) is 6.63. The van der Waals surface area contributed by atoms with Crippen molar-refractivity contribution in [3.8, 4) is 11.5 Å². The molecule has 7 heteroatoms. The van der Waals surface area contributed by atoms with Gasteiger partial charge < -0.3 is 14.8 Å². The summed E-state index contributed by atoms with van der Waals surface area (Å²) in [4.78, 5) is 16.3. The van der Waals surface area contributed by atoms with Gasteiger partial charge in [-0.1, -0.05) is 35.5 Å². The first-order valence-corrected chi connectivity index (χ1v) is 9.36. The minimum atomic E-state index is 0.0352. The van der Waals surface area contributed by atoms with Crippen LogP contribution in [0.1, 0.15) is 36.6 Å². The number of imidazole rings is 1. The van der Waals surface area contributed by atoms with Crippen LogP contribution in [-0.2, 0) is 12.8 Å². The fourth-order valence-corrected chi connectivity index (χ4v) is 2.98. The molecule has 3 heterocycles. The molecule has 1 atom stereocenters. The zero-order valence-corrected chi connectivity index (χ0v) is 15.7. The number of nitrogens with one attached hydrogen (secondary N) is 2. The van der Waals surface area contributed by atoms with Gasteiger partial charge in [-0.3, -0.25) is 0 Å². The third-order valence-corrected chi connectivity index (χ3v) is 4.48. The number of aryl methyl sites for hydroxylation is 2. The van der Waals surface area contributed by atoms with Crippen molar-refractivity contribution >= 4 is 5.82 Å². The smallest absolute Gasteiger partial charge is 0.259 e. The van der Waals surface area contributed by atoms with E-state index in [4.69, 9.17) is 4.52 Å². The summed E-state index contributed by atoms with van der Waals surface area (Å²) < 4.78 is 5.40. The second-order valence-electron chi connectivity index (χ2n) is 6.63. The summed E-state index contributed by atoms with van der Waals surface area (Å²) in [7, 11) is 0. The number of rotatable bonds is 8. The van der Waals surface area contributed by atoms with Crippen molar-refractivity contribution in [1.29, 1.82) is 0 Å². The van der Waals surface area contributed by atoms with Gasteiger partial charge in [-0.2, -0.15) is 4.98 Å². The molecule has 0 unspecified atom stereocenters. The molecule has 0 bridgehead atoms. The Morgan fingerprint density at radius 3 is 2.71 bits per heavy atom. The molecule has 1 aromatic carbocycles. The highest BCUT2D eigenvalue weighted by Gasteiger charge is 2.11. The van der Waals surface area contributed by atoms with Gasteiger partial charge in [0.1, 0.15) is 11.6 Å². The topological polar surface area (TPSA) is 92.5 Å². The number of anilines is 1. The molecule has 4 aromatic rings. The van der Waals surface area contributed by atoms with E-state index in [0.717, 1.165) is 42.3 Å². The molecule has 0 amide bonds. The first-order chi connectivity index (χ1) is 13.8. The van der Waals surface area contributed by atoms with Gasteiger partial charge in [0.2, 0.25) is 0 Å². The van der Waals surface area contributed by atoms with Crippen LogP contribution in [0.5, 0.6) is 0 Å². The van der Waals surface area contributed by atoms with Crippen LogP contribution in [-0.4, -0.2) is 25.1 Å². The molecule has 2 N–H and O–H groups in total. The Morgan fingerprint density at radius 1 is 1.07 bits per heavy atom. The Morgan fingerprint density at radius 2 is 1.96 bits per heavy atom. The van der Waals surface area contributed by atoms with Gasteiger partial charge in [0.05, 0.1) is 11.6 Å². The largest absolute Gasteiger partial charge is 0.360 e. The van der Waals surface area contributed by atoms with Crippen LogP contribution in [0.2, 0.25) is 0 Å². The molecule has 0 radical (unpaired) electrons. The van der Waals surface area contributed by atoms with Crippen molar-refractivity contribution < 1.29 is 4.52 Å².